The van der Waals surface area contributed by atoms with E-state index in [0.717, 1.165) is 0 Å². The summed E-state index contributed by atoms with van der Waals surface area (Å²) < 4.78 is 31.8. The fourth-order valence-corrected chi connectivity index (χ4v) is 0.811. The van der Waals surface area contributed by atoms with Gasteiger partial charge in [-0.2, -0.15) is 9.37 Å². The van der Waals surface area contributed by atoms with Crippen molar-refractivity contribution in [2.45, 2.75) is 0 Å². The molecule has 0 aliphatic heterocycles. The van der Waals surface area contributed by atoms with Crippen molar-refractivity contribution < 1.29 is 11.9 Å². The van der Waals surface area contributed by atoms with Crippen LogP contribution in [0.4, 0.5) is 4.39 Å². The van der Waals surface area contributed by atoms with E-state index < -0.39 is 12.0 Å². The predicted molar refractivity (Wildman–Crippen MR) is 38.4 cm³/mol. The van der Waals surface area contributed by atoms with Gasteiger partial charge in [-0.25, -0.2) is 0 Å². The number of halogens is 2. The predicted octanol–water partition coefficient (Wildman–Crippen LogP) is 1.99. The molecular weight excluding hydrogens is 201 g/mol. The van der Waals surface area contributed by atoms with E-state index in [1.165, 1.54) is 7.11 Å². The van der Waals surface area contributed by atoms with Gasteiger partial charge in [0.2, 0.25) is 11.8 Å². The maximum atomic E-state index is 12.7. The number of hydrogen-bond acceptors (Lipinski definition) is 2. The molecule has 0 fully saturated rings. The van der Waals surface area contributed by atoms with Gasteiger partial charge in [0, 0.05) is 0 Å². The van der Waals surface area contributed by atoms with E-state index in [-0.39, 0.29) is 16.4 Å². The SMILES string of the molecule is [2H]c1c(F)nc(OC)c(Br)c1[2H]. The van der Waals surface area contributed by atoms with Crippen LogP contribution >= 0.6 is 15.9 Å². The number of nitrogens with zero attached hydrogens (tertiary/aromatic N) is 1. The molecule has 0 aromatic carbocycles. The average Bonchev–Trinajstić information content (AvgIpc) is 2.08. The van der Waals surface area contributed by atoms with Crippen LogP contribution in [0.5, 0.6) is 5.88 Å². The van der Waals surface area contributed by atoms with Gasteiger partial charge < -0.3 is 4.74 Å². The number of ether oxygens (including phenoxy) is 1. The number of pyridine rings is 1. The highest BCUT2D eigenvalue weighted by atomic mass is 79.9. The summed E-state index contributed by atoms with van der Waals surface area (Å²) in [7, 11) is 1.32. The van der Waals surface area contributed by atoms with Gasteiger partial charge in [0.05, 0.1) is 14.3 Å². The van der Waals surface area contributed by atoms with Crippen molar-refractivity contribution in [2.24, 2.45) is 0 Å². The highest BCUT2D eigenvalue weighted by Crippen LogP contribution is 2.20. The molecule has 10 heavy (non-hydrogen) atoms. The molecule has 0 atom stereocenters. The Labute approximate surface area is 69.0 Å². The summed E-state index contributed by atoms with van der Waals surface area (Å²) in [6.07, 6.45) is 0. The first-order valence-electron chi connectivity index (χ1n) is 3.44. The van der Waals surface area contributed by atoms with Gasteiger partial charge in [0.25, 0.3) is 0 Å². The zero-order valence-electron chi connectivity index (χ0n) is 7.11. The smallest absolute Gasteiger partial charge is 0.230 e. The minimum Gasteiger partial charge on any atom is -0.480 e. The van der Waals surface area contributed by atoms with E-state index in [1.807, 2.05) is 0 Å². The first-order valence-corrected chi connectivity index (χ1v) is 3.23. The second-order valence-corrected chi connectivity index (χ2v) is 2.27. The van der Waals surface area contributed by atoms with Crippen LogP contribution in [0.3, 0.4) is 0 Å². The molecule has 1 aromatic rings. The highest BCUT2D eigenvalue weighted by molar-refractivity contribution is 9.10. The zero-order chi connectivity index (χ0) is 9.30. The lowest BCUT2D eigenvalue weighted by Crippen LogP contribution is -1.90. The lowest BCUT2D eigenvalue weighted by atomic mass is 10.5. The molecule has 0 radical (unpaired) electrons. The minimum atomic E-state index is -1.000. The Morgan fingerprint density at radius 1 is 1.80 bits per heavy atom. The summed E-state index contributed by atoms with van der Waals surface area (Å²) in [6.45, 7) is 0. The van der Waals surface area contributed by atoms with Crippen molar-refractivity contribution in [1.82, 2.24) is 4.98 Å². The number of hydrogen-bond donors (Lipinski definition) is 0. The van der Waals surface area contributed by atoms with Gasteiger partial charge in [-0.15, -0.1) is 0 Å². The molecule has 1 rings (SSSR count). The summed E-state index contributed by atoms with van der Waals surface area (Å²) in [5, 5.41) is 0. The molecule has 0 aliphatic carbocycles. The van der Waals surface area contributed by atoms with Crippen molar-refractivity contribution >= 4 is 15.9 Å². The normalized spacial score (nSPS) is 12.3. The Hall–Kier alpha value is -0.640. The minimum absolute atomic E-state index is 0.0199. The van der Waals surface area contributed by atoms with Crippen molar-refractivity contribution in [3.8, 4) is 5.88 Å². The molecular formula is C6H5BrFNO. The van der Waals surface area contributed by atoms with Crippen molar-refractivity contribution in [3.05, 3.63) is 22.5 Å². The average molecular weight is 208 g/mol. The Morgan fingerprint density at radius 3 is 3.10 bits per heavy atom. The van der Waals surface area contributed by atoms with Crippen molar-refractivity contribution in [1.29, 1.82) is 0 Å². The molecule has 0 spiro atoms. The van der Waals surface area contributed by atoms with Crippen LogP contribution in [-0.4, -0.2) is 12.1 Å². The summed E-state index contributed by atoms with van der Waals surface area (Å²) in [5.74, 6) is -1.02. The molecule has 54 valence electrons. The lowest BCUT2D eigenvalue weighted by molar-refractivity contribution is 0.384. The van der Waals surface area contributed by atoms with Gasteiger partial charge in [0.1, 0.15) is 0 Å². The number of rotatable bonds is 1. The molecule has 2 nitrogen and oxygen atoms in total. The van der Waals surface area contributed by atoms with E-state index in [4.69, 9.17) is 2.74 Å². The summed E-state index contributed by atoms with van der Waals surface area (Å²) in [4.78, 5) is 3.31. The quantitative estimate of drug-likeness (QED) is 0.658. The first kappa shape index (κ1) is 5.07. The Morgan fingerprint density at radius 2 is 2.50 bits per heavy atom. The van der Waals surface area contributed by atoms with E-state index in [2.05, 4.69) is 25.7 Å². The van der Waals surface area contributed by atoms with Gasteiger partial charge in [-0.3, -0.25) is 0 Å². The summed E-state index contributed by atoms with van der Waals surface area (Å²) in [6, 6.07) is -0.804. The molecule has 0 amide bonds. The van der Waals surface area contributed by atoms with E-state index in [9.17, 15) is 4.39 Å². The summed E-state index contributed by atoms with van der Waals surface area (Å²) >= 11 is 2.96. The van der Waals surface area contributed by atoms with Crippen LogP contribution in [0, 0.1) is 5.95 Å². The van der Waals surface area contributed by atoms with E-state index >= 15 is 0 Å². The van der Waals surface area contributed by atoms with Gasteiger partial charge in [-0.05, 0) is 28.0 Å². The molecule has 0 saturated carbocycles. The number of aromatic nitrogens is 1. The molecule has 1 heterocycles. The monoisotopic (exact) mass is 207 g/mol. The molecule has 1 aromatic heterocycles. The maximum Gasteiger partial charge on any atom is 0.230 e. The molecule has 0 saturated heterocycles. The standard InChI is InChI=1S/C6H5BrFNO/c1-10-6-4(7)2-3-5(8)9-6/h2-3H,1H3/i2D,3D. The lowest BCUT2D eigenvalue weighted by Gasteiger charge is -1.99. The first-order chi connectivity index (χ1) is 5.57. The molecule has 0 N–H and O–H groups in total. The maximum absolute atomic E-state index is 12.7. The second kappa shape index (κ2) is 2.96. The second-order valence-electron chi connectivity index (χ2n) is 1.48. The van der Waals surface area contributed by atoms with Gasteiger partial charge in [-0.1, -0.05) is 0 Å². The zero-order valence-corrected chi connectivity index (χ0v) is 6.70. The van der Waals surface area contributed by atoms with Crippen LogP contribution in [0.2, 0.25) is 0 Å². The van der Waals surface area contributed by atoms with Crippen LogP contribution in [0.25, 0.3) is 0 Å². The van der Waals surface area contributed by atoms with Crippen molar-refractivity contribution in [3.63, 3.8) is 0 Å². The van der Waals surface area contributed by atoms with Gasteiger partial charge >= 0.3 is 0 Å². The third-order valence-corrected chi connectivity index (χ3v) is 1.39. The van der Waals surface area contributed by atoms with Crippen molar-refractivity contribution in [2.75, 3.05) is 7.11 Å². The summed E-state index contributed by atoms with van der Waals surface area (Å²) in [5.41, 5.74) is 0. The fraction of sp³-hybridized carbons (Fsp3) is 0.167. The third kappa shape index (κ3) is 1.44. The topological polar surface area (TPSA) is 22.1 Å². The van der Waals surface area contributed by atoms with E-state index in [0.29, 0.717) is 0 Å². The molecule has 0 unspecified atom stereocenters. The highest BCUT2D eigenvalue weighted by Gasteiger charge is 2.00. The van der Waals surface area contributed by atoms with Crippen LogP contribution < -0.4 is 4.74 Å². The van der Waals surface area contributed by atoms with Crippen LogP contribution in [-0.2, 0) is 0 Å². The van der Waals surface area contributed by atoms with E-state index in [1.54, 1.807) is 0 Å². The van der Waals surface area contributed by atoms with Crippen LogP contribution in [0.15, 0.2) is 16.6 Å². The van der Waals surface area contributed by atoms with Crippen LogP contribution in [0.1, 0.15) is 2.74 Å². The molecule has 0 aliphatic rings. The Kier molecular flexibility index (Phi) is 1.50. The molecule has 0 bridgehead atoms. The molecule has 4 heteroatoms. The Bertz CT molecular complexity index is 321. The van der Waals surface area contributed by atoms with Gasteiger partial charge in [0.15, 0.2) is 0 Å². The third-order valence-electron chi connectivity index (χ3n) is 0.856. The Balaban J connectivity index is 3.39. The number of methoxy groups -OCH3 is 1. The largest absolute Gasteiger partial charge is 0.480 e. The fourth-order valence-electron chi connectivity index (χ4n) is 0.461.